The van der Waals surface area contributed by atoms with E-state index in [0.717, 1.165) is 43.4 Å². The van der Waals surface area contributed by atoms with Crippen molar-refractivity contribution in [2.75, 3.05) is 18.0 Å². The number of carbonyl (C=O) groups excluding carboxylic acids is 1. The van der Waals surface area contributed by atoms with E-state index in [1.807, 2.05) is 12.1 Å². The molecule has 0 radical (unpaired) electrons. The van der Waals surface area contributed by atoms with Crippen molar-refractivity contribution in [3.05, 3.63) is 48.2 Å². The van der Waals surface area contributed by atoms with Gasteiger partial charge in [-0.15, -0.1) is 0 Å². The van der Waals surface area contributed by atoms with Gasteiger partial charge in [-0.1, -0.05) is 6.92 Å². The third-order valence-electron chi connectivity index (χ3n) is 5.12. The number of piperidine rings is 1. The Balaban J connectivity index is 1.30. The molecule has 0 unspecified atom stereocenters. The first-order valence-corrected chi connectivity index (χ1v) is 9.29. The molecule has 6 heteroatoms. The van der Waals surface area contributed by atoms with E-state index in [0.29, 0.717) is 11.8 Å². The Morgan fingerprint density at radius 1 is 1.35 bits per heavy atom. The van der Waals surface area contributed by atoms with Crippen molar-refractivity contribution in [1.82, 2.24) is 15.3 Å². The number of rotatable bonds is 5. The van der Waals surface area contributed by atoms with Crippen LogP contribution in [0.15, 0.2) is 41.1 Å². The number of nitrogens with one attached hydrogen (secondary N) is 1. The minimum Gasteiger partial charge on any atom is -0.461 e. The van der Waals surface area contributed by atoms with Gasteiger partial charge >= 0.3 is 0 Å². The molecule has 0 spiro atoms. The molecule has 26 heavy (non-hydrogen) atoms. The van der Waals surface area contributed by atoms with Gasteiger partial charge in [0.25, 0.3) is 0 Å². The van der Waals surface area contributed by atoms with E-state index in [1.54, 1.807) is 30.6 Å². The van der Waals surface area contributed by atoms with Crippen molar-refractivity contribution in [2.45, 2.75) is 38.1 Å². The molecule has 3 atom stereocenters. The van der Waals surface area contributed by atoms with Crippen LogP contribution in [-0.2, 0) is 4.79 Å². The molecule has 1 aliphatic heterocycles. The van der Waals surface area contributed by atoms with Crippen LogP contribution in [0.1, 0.15) is 43.6 Å². The van der Waals surface area contributed by atoms with Crippen LogP contribution >= 0.6 is 0 Å². The summed E-state index contributed by atoms with van der Waals surface area (Å²) in [4.78, 5) is 23.0. The van der Waals surface area contributed by atoms with Gasteiger partial charge < -0.3 is 14.6 Å². The Bertz CT molecular complexity index is 786. The van der Waals surface area contributed by atoms with E-state index in [1.165, 1.54) is 6.42 Å². The summed E-state index contributed by atoms with van der Waals surface area (Å²) in [5.74, 6) is 3.66. The number of hydrogen-bond acceptors (Lipinski definition) is 5. The number of furan rings is 1. The fraction of sp³-hybridized carbons (Fsp3) is 0.450. The van der Waals surface area contributed by atoms with Crippen molar-refractivity contribution in [3.8, 4) is 0 Å². The average molecular weight is 352 g/mol. The highest BCUT2D eigenvalue weighted by Gasteiger charge is 2.36. The highest BCUT2D eigenvalue weighted by Crippen LogP contribution is 2.47. The van der Waals surface area contributed by atoms with E-state index in [2.05, 4.69) is 27.1 Å². The van der Waals surface area contributed by atoms with Gasteiger partial charge in [0.2, 0.25) is 11.9 Å². The second kappa shape index (κ2) is 7.32. The van der Waals surface area contributed by atoms with Gasteiger partial charge in [0.15, 0.2) is 0 Å². The number of aromatic nitrogens is 2. The summed E-state index contributed by atoms with van der Waals surface area (Å²) in [5.41, 5.74) is 0. The molecule has 2 fully saturated rings. The Morgan fingerprint density at radius 3 is 2.92 bits per heavy atom. The molecule has 0 aromatic carbocycles. The maximum Gasteiger partial charge on any atom is 0.244 e. The fourth-order valence-electron chi connectivity index (χ4n) is 3.51. The molecule has 2 aliphatic rings. The standard InChI is InChI=1S/C20H24N4O2/c1-14-12-17(14)18-7-5-16(26-18)6-8-19(25)23-15-4-2-11-24(13-15)20-21-9-3-10-22-20/h3,5-10,14-15,17H,2,4,11-13H2,1H3,(H,23,25)/b8-6+/t14-,15+,17-/m0/s1. The van der Waals surface area contributed by atoms with Crippen LogP contribution in [0.25, 0.3) is 6.08 Å². The van der Waals surface area contributed by atoms with Gasteiger partial charge in [0.05, 0.1) is 0 Å². The summed E-state index contributed by atoms with van der Waals surface area (Å²) in [7, 11) is 0. The molecule has 1 amide bonds. The Hall–Kier alpha value is -2.63. The first-order chi connectivity index (χ1) is 12.7. The van der Waals surface area contributed by atoms with Gasteiger partial charge in [-0.2, -0.15) is 0 Å². The topological polar surface area (TPSA) is 71.3 Å². The predicted molar refractivity (Wildman–Crippen MR) is 99.7 cm³/mol. The van der Waals surface area contributed by atoms with E-state index >= 15 is 0 Å². The molecule has 1 aliphatic carbocycles. The number of hydrogen-bond donors (Lipinski definition) is 1. The van der Waals surface area contributed by atoms with Gasteiger partial charge in [-0.05, 0) is 49.5 Å². The monoisotopic (exact) mass is 352 g/mol. The zero-order valence-corrected chi connectivity index (χ0v) is 15.0. The second-order valence-electron chi connectivity index (χ2n) is 7.24. The van der Waals surface area contributed by atoms with Crippen molar-refractivity contribution in [2.24, 2.45) is 5.92 Å². The zero-order chi connectivity index (χ0) is 17.9. The lowest BCUT2D eigenvalue weighted by Crippen LogP contribution is -2.47. The van der Waals surface area contributed by atoms with Crippen LogP contribution in [0, 0.1) is 5.92 Å². The van der Waals surface area contributed by atoms with Crippen LogP contribution in [0.4, 0.5) is 5.95 Å². The number of carbonyl (C=O) groups is 1. The lowest BCUT2D eigenvalue weighted by molar-refractivity contribution is -0.117. The fourth-order valence-corrected chi connectivity index (χ4v) is 3.51. The molecule has 1 saturated carbocycles. The van der Waals surface area contributed by atoms with Gasteiger partial charge in [0.1, 0.15) is 11.5 Å². The van der Waals surface area contributed by atoms with Crippen LogP contribution in [-0.4, -0.2) is 35.0 Å². The van der Waals surface area contributed by atoms with Crippen molar-refractivity contribution >= 4 is 17.9 Å². The van der Waals surface area contributed by atoms with E-state index in [9.17, 15) is 4.79 Å². The molecule has 1 saturated heterocycles. The molecule has 1 N–H and O–H groups in total. The SMILES string of the molecule is C[C@H]1C[C@@H]1c1ccc(/C=C/C(=O)N[C@@H]2CCCN(c3ncccn3)C2)o1. The molecule has 4 rings (SSSR count). The summed E-state index contributed by atoms with van der Waals surface area (Å²) in [6.45, 7) is 3.87. The predicted octanol–water partition coefficient (Wildman–Crippen LogP) is 2.99. The average Bonchev–Trinajstić information content (AvgIpc) is 3.21. The van der Waals surface area contributed by atoms with E-state index in [-0.39, 0.29) is 11.9 Å². The largest absolute Gasteiger partial charge is 0.461 e. The molecule has 0 bridgehead atoms. The minimum atomic E-state index is -0.0939. The third kappa shape index (κ3) is 3.95. The maximum atomic E-state index is 12.2. The van der Waals surface area contributed by atoms with E-state index < -0.39 is 0 Å². The lowest BCUT2D eigenvalue weighted by Gasteiger charge is -2.32. The molecule has 2 aromatic heterocycles. The summed E-state index contributed by atoms with van der Waals surface area (Å²) >= 11 is 0. The summed E-state index contributed by atoms with van der Waals surface area (Å²) in [6.07, 6.45) is 9.95. The summed E-state index contributed by atoms with van der Waals surface area (Å²) < 4.78 is 5.80. The highest BCUT2D eigenvalue weighted by atomic mass is 16.3. The van der Waals surface area contributed by atoms with Gasteiger partial charge in [0, 0.05) is 43.5 Å². The first kappa shape index (κ1) is 16.8. The van der Waals surface area contributed by atoms with Crippen LogP contribution in [0.3, 0.4) is 0 Å². The van der Waals surface area contributed by atoms with Crippen LogP contribution in [0.2, 0.25) is 0 Å². The second-order valence-corrected chi connectivity index (χ2v) is 7.24. The molecule has 136 valence electrons. The Labute approximate surface area is 153 Å². The molecule has 2 aromatic rings. The minimum absolute atomic E-state index is 0.0939. The molecule has 3 heterocycles. The first-order valence-electron chi connectivity index (χ1n) is 9.29. The van der Waals surface area contributed by atoms with Crippen molar-refractivity contribution in [3.63, 3.8) is 0 Å². The Morgan fingerprint density at radius 2 is 2.15 bits per heavy atom. The number of amides is 1. The van der Waals surface area contributed by atoms with Crippen LogP contribution in [0.5, 0.6) is 0 Å². The molecular weight excluding hydrogens is 328 g/mol. The van der Waals surface area contributed by atoms with Crippen LogP contribution < -0.4 is 10.2 Å². The van der Waals surface area contributed by atoms with Crippen molar-refractivity contribution < 1.29 is 9.21 Å². The maximum absolute atomic E-state index is 12.2. The highest BCUT2D eigenvalue weighted by molar-refractivity contribution is 5.91. The smallest absolute Gasteiger partial charge is 0.244 e. The number of anilines is 1. The molecule has 6 nitrogen and oxygen atoms in total. The number of nitrogens with zero attached hydrogens (tertiary/aromatic N) is 3. The lowest BCUT2D eigenvalue weighted by atomic mass is 10.1. The zero-order valence-electron chi connectivity index (χ0n) is 15.0. The third-order valence-corrected chi connectivity index (χ3v) is 5.12. The van der Waals surface area contributed by atoms with Crippen molar-refractivity contribution in [1.29, 1.82) is 0 Å². The summed E-state index contributed by atoms with van der Waals surface area (Å²) in [6, 6.07) is 5.86. The summed E-state index contributed by atoms with van der Waals surface area (Å²) in [5, 5.41) is 3.07. The normalized spacial score (nSPS) is 25.4. The van der Waals surface area contributed by atoms with Gasteiger partial charge in [-0.25, -0.2) is 9.97 Å². The Kier molecular flexibility index (Phi) is 4.73. The quantitative estimate of drug-likeness (QED) is 0.838. The van der Waals surface area contributed by atoms with E-state index in [4.69, 9.17) is 4.42 Å². The van der Waals surface area contributed by atoms with Gasteiger partial charge in [-0.3, -0.25) is 4.79 Å². The molecular formula is C20H24N4O2.